The first-order valence-electron chi connectivity index (χ1n) is 5.49. The Bertz CT molecular complexity index is 705. The summed E-state index contributed by atoms with van der Waals surface area (Å²) in [6.07, 6.45) is 0. The molecule has 0 fully saturated rings. The number of aryl methyl sites for hydroxylation is 1. The molecule has 0 spiro atoms. The molecule has 0 N–H and O–H groups in total. The van der Waals surface area contributed by atoms with Gasteiger partial charge in [-0.05, 0) is 24.6 Å². The van der Waals surface area contributed by atoms with E-state index < -0.39 is 11.9 Å². The van der Waals surface area contributed by atoms with Crippen molar-refractivity contribution in [2.24, 2.45) is 0 Å². The lowest BCUT2D eigenvalue weighted by molar-refractivity contribution is 0.0434. The number of nitrogens with zero attached hydrogens (tertiary/aromatic N) is 3. The second-order valence-electron chi connectivity index (χ2n) is 4.05. The minimum atomic E-state index is -0.780. The summed E-state index contributed by atoms with van der Waals surface area (Å²) in [5, 5.41) is 7.50. The normalized spacial score (nSPS) is 13.4. The fourth-order valence-corrected chi connectivity index (χ4v) is 1.92. The van der Waals surface area contributed by atoms with Gasteiger partial charge in [-0.25, -0.2) is 14.3 Å². The van der Waals surface area contributed by atoms with Crippen molar-refractivity contribution in [3.05, 3.63) is 35.2 Å². The van der Waals surface area contributed by atoms with E-state index in [1.54, 1.807) is 12.1 Å². The molecule has 0 amide bonds. The van der Waals surface area contributed by atoms with Crippen LogP contribution in [-0.2, 0) is 4.74 Å². The summed E-state index contributed by atoms with van der Waals surface area (Å²) in [4.78, 5) is 23.0. The number of hydrogen-bond acceptors (Lipinski definition) is 6. The molecule has 0 saturated heterocycles. The van der Waals surface area contributed by atoms with Crippen LogP contribution in [0.4, 0.5) is 0 Å². The number of rotatable bonds is 2. The van der Waals surface area contributed by atoms with Gasteiger partial charge >= 0.3 is 11.9 Å². The number of aromatic nitrogens is 3. The maximum absolute atomic E-state index is 11.6. The smallest absolute Gasteiger partial charge is 0.369 e. The summed E-state index contributed by atoms with van der Waals surface area (Å²) in [6, 6.07) is 5.40. The maximum Gasteiger partial charge on any atom is 0.369 e. The third-order valence-corrected chi connectivity index (χ3v) is 2.80. The van der Waals surface area contributed by atoms with E-state index in [4.69, 9.17) is 4.74 Å². The van der Waals surface area contributed by atoms with Crippen LogP contribution in [0.3, 0.4) is 0 Å². The van der Waals surface area contributed by atoms with Crippen molar-refractivity contribution < 1.29 is 19.1 Å². The zero-order valence-electron chi connectivity index (χ0n) is 10.2. The first-order valence-corrected chi connectivity index (χ1v) is 5.49. The zero-order chi connectivity index (χ0) is 13.6. The highest BCUT2D eigenvalue weighted by Crippen LogP contribution is 2.27. The number of carbonyl (C=O) groups excluding carboxylic acids is 2. The summed E-state index contributed by atoms with van der Waals surface area (Å²) < 4.78 is 11.0. The van der Waals surface area contributed by atoms with E-state index in [1.165, 1.54) is 11.8 Å². The Morgan fingerprint density at radius 2 is 2.05 bits per heavy atom. The van der Waals surface area contributed by atoms with Crippen molar-refractivity contribution in [3.8, 4) is 11.4 Å². The molecule has 1 aliphatic heterocycles. The van der Waals surface area contributed by atoms with Crippen LogP contribution in [0.5, 0.6) is 5.75 Å². The van der Waals surface area contributed by atoms with Crippen molar-refractivity contribution in [3.63, 3.8) is 0 Å². The van der Waals surface area contributed by atoms with Gasteiger partial charge in [0.1, 0.15) is 11.4 Å². The van der Waals surface area contributed by atoms with Gasteiger partial charge in [-0.2, -0.15) is 0 Å². The third kappa shape index (κ3) is 1.59. The number of fused-ring (bicyclic) bond motifs is 1. The van der Waals surface area contributed by atoms with Crippen LogP contribution < -0.4 is 4.74 Å². The Morgan fingerprint density at radius 1 is 1.26 bits per heavy atom. The number of carbonyl (C=O) groups is 2. The summed E-state index contributed by atoms with van der Waals surface area (Å²) in [7, 11) is 1.51. The first-order chi connectivity index (χ1) is 9.11. The molecule has 0 radical (unpaired) electrons. The molecular weight excluding hydrogens is 250 g/mol. The van der Waals surface area contributed by atoms with Crippen molar-refractivity contribution >= 4 is 11.9 Å². The van der Waals surface area contributed by atoms with Crippen LogP contribution in [0.1, 0.15) is 26.5 Å². The Balaban J connectivity index is 2.25. The average molecular weight is 259 g/mol. The van der Waals surface area contributed by atoms with Gasteiger partial charge in [0.05, 0.1) is 7.11 Å². The Morgan fingerprint density at radius 3 is 2.79 bits per heavy atom. The monoisotopic (exact) mass is 259 g/mol. The molecule has 0 unspecified atom stereocenters. The molecule has 0 aliphatic carbocycles. The molecule has 1 aliphatic rings. The van der Waals surface area contributed by atoms with Crippen LogP contribution in [0, 0.1) is 6.92 Å². The fraction of sp³-hybridized carbons (Fsp3) is 0.167. The fourth-order valence-electron chi connectivity index (χ4n) is 1.92. The van der Waals surface area contributed by atoms with Crippen LogP contribution in [0.25, 0.3) is 5.69 Å². The van der Waals surface area contributed by atoms with Crippen molar-refractivity contribution in [1.29, 1.82) is 0 Å². The lowest BCUT2D eigenvalue weighted by atomic mass is 10.2. The number of benzene rings is 1. The molecule has 96 valence electrons. The first kappa shape index (κ1) is 11.4. The molecule has 2 aromatic rings. The minimum Gasteiger partial charge on any atom is -0.494 e. The van der Waals surface area contributed by atoms with Crippen LogP contribution >= 0.6 is 0 Å². The molecule has 3 rings (SSSR count). The standard InChI is InChI=1S/C12H9N3O4/c1-6-3-4-8(18-2)7(5-6)15-10-9(13-14-15)11(16)19-12(10)17/h3-5H,1-2H3. The number of esters is 2. The van der Waals surface area contributed by atoms with Gasteiger partial charge in [-0.3, -0.25) is 0 Å². The molecule has 1 aromatic heterocycles. The van der Waals surface area contributed by atoms with E-state index in [-0.39, 0.29) is 11.4 Å². The Kier molecular flexibility index (Phi) is 2.34. The number of methoxy groups -OCH3 is 1. The molecule has 7 heteroatoms. The van der Waals surface area contributed by atoms with E-state index in [1.807, 2.05) is 13.0 Å². The Hall–Kier alpha value is -2.70. The molecule has 0 saturated carbocycles. The maximum atomic E-state index is 11.6. The molecule has 0 bridgehead atoms. The molecule has 0 atom stereocenters. The summed E-state index contributed by atoms with van der Waals surface area (Å²) in [5.41, 5.74) is 1.43. The highest BCUT2D eigenvalue weighted by Gasteiger charge is 2.37. The van der Waals surface area contributed by atoms with E-state index in [2.05, 4.69) is 15.0 Å². The van der Waals surface area contributed by atoms with Crippen LogP contribution in [-0.4, -0.2) is 34.0 Å². The molecular formula is C12H9N3O4. The SMILES string of the molecule is COc1ccc(C)cc1-n1nnc2c1C(=O)OC2=O. The van der Waals surface area contributed by atoms with E-state index in [0.29, 0.717) is 11.4 Å². The topological polar surface area (TPSA) is 83.3 Å². The minimum absolute atomic E-state index is 0.0221. The lowest BCUT2D eigenvalue weighted by Crippen LogP contribution is -2.09. The van der Waals surface area contributed by atoms with Gasteiger partial charge in [0.15, 0.2) is 5.69 Å². The zero-order valence-corrected chi connectivity index (χ0v) is 10.2. The van der Waals surface area contributed by atoms with Crippen molar-refractivity contribution in [2.75, 3.05) is 7.11 Å². The van der Waals surface area contributed by atoms with E-state index in [9.17, 15) is 9.59 Å². The molecule has 1 aromatic carbocycles. The van der Waals surface area contributed by atoms with Gasteiger partial charge in [-0.15, -0.1) is 5.10 Å². The van der Waals surface area contributed by atoms with E-state index >= 15 is 0 Å². The lowest BCUT2D eigenvalue weighted by Gasteiger charge is -2.09. The largest absolute Gasteiger partial charge is 0.494 e. The van der Waals surface area contributed by atoms with Gasteiger partial charge < -0.3 is 9.47 Å². The third-order valence-electron chi connectivity index (χ3n) is 2.80. The van der Waals surface area contributed by atoms with Crippen LogP contribution in [0.15, 0.2) is 18.2 Å². The van der Waals surface area contributed by atoms with Crippen LogP contribution in [0.2, 0.25) is 0 Å². The summed E-state index contributed by atoms with van der Waals surface area (Å²) in [6.45, 7) is 1.89. The molecule has 19 heavy (non-hydrogen) atoms. The number of ether oxygens (including phenoxy) is 2. The van der Waals surface area contributed by atoms with Crippen molar-refractivity contribution in [2.45, 2.75) is 6.92 Å². The highest BCUT2D eigenvalue weighted by atomic mass is 16.6. The second-order valence-corrected chi connectivity index (χ2v) is 4.05. The van der Waals surface area contributed by atoms with Crippen molar-refractivity contribution in [1.82, 2.24) is 15.0 Å². The average Bonchev–Trinajstić information content (AvgIpc) is 2.93. The summed E-state index contributed by atoms with van der Waals surface area (Å²) in [5.74, 6) is -1.02. The predicted octanol–water partition coefficient (Wildman–Crippen LogP) is 0.895. The number of cyclic esters (lactones) is 2. The molecule has 7 nitrogen and oxygen atoms in total. The highest BCUT2D eigenvalue weighted by molar-refractivity contribution is 6.12. The Labute approximate surface area is 107 Å². The second kappa shape index (κ2) is 3.91. The van der Waals surface area contributed by atoms with Gasteiger partial charge in [-0.1, -0.05) is 11.3 Å². The van der Waals surface area contributed by atoms with Gasteiger partial charge in [0.25, 0.3) is 0 Å². The predicted molar refractivity (Wildman–Crippen MR) is 62.4 cm³/mol. The molecule has 2 heterocycles. The van der Waals surface area contributed by atoms with Gasteiger partial charge in [0.2, 0.25) is 5.69 Å². The van der Waals surface area contributed by atoms with E-state index in [0.717, 1.165) is 5.56 Å². The summed E-state index contributed by atoms with van der Waals surface area (Å²) >= 11 is 0. The number of hydrogen-bond donors (Lipinski definition) is 0. The quantitative estimate of drug-likeness (QED) is 0.588. The van der Waals surface area contributed by atoms with Gasteiger partial charge in [0, 0.05) is 0 Å².